The fourth-order valence-corrected chi connectivity index (χ4v) is 1.82. The summed E-state index contributed by atoms with van der Waals surface area (Å²) >= 11 is 0. The number of fused-ring (bicyclic) bond motifs is 1. The second-order valence-corrected chi connectivity index (χ2v) is 4.25. The van der Waals surface area contributed by atoms with Crippen LogP contribution in [0.2, 0.25) is 0 Å². The van der Waals surface area contributed by atoms with Crippen LogP contribution in [-0.4, -0.2) is 21.1 Å². The molecule has 2 heterocycles. The van der Waals surface area contributed by atoms with Crippen molar-refractivity contribution in [3.05, 3.63) is 12.3 Å². The maximum Gasteiger partial charge on any atom is 0.224 e. The second kappa shape index (κ2) is 4.21. The van der Waals surface area contributed by atoms with Crippen LogP contribution in [0.25, 0.3) is 11.0 Å². The zero-order valence-corrected chi connectivity index (χ0v) is 10.4. The second-order valence-electron chi connectivity index (χ2n) is 4.25. The molecule has 0 aliphatic rings. The summed E-state index contributed by atoms with van der Waals surface area (Å²) in [6, 6.07) is 2.29. The summed E-state index contributed by atoms with van der Waals surface area (Å²) in [4.78, 5) is 8.48. The Morgan fingerprint density at radius 2 is 2.12 bits per heavy atom. The number of hydrogen-bond donors (Lipinski definition) is 2. The van der Waals surface area contributed by atoms with Crippen LogP contribution in [0, 0.1) is 0 Å². The average molecular weight is 234 g/mol. The highest BCUT2D eigenvalue weighted by Crippen LogP contribution is 2.26. The lowest BCUT2D eigenvalue weighted by Crippen LogP contribution is -2.31. The highest BCUT2D eigenvalue weighted by Gasteiger charge is 2.14. The molecule has 4 N–H and O–H groups in total. The first-order valence-corrected chi connectivity index (χ1v) is 5.70. The molecule has 0 aromatic carbocycles. The van der Waals surface area contributed by atoms with E-state index in [4.69, 9.17) is 11.6 Å². The Balaban J connectivity index is 2.70. The molecule has 2 aromatic rings. The minimum Gasteiger partial charge on any atom is -0.368 e. The van der Waals surface area contributed by atoms with Crippen molar-refractivity contribution < 1.29 is 0 Å². The molecule has 0 saturated heterocycles. The van der Waals surface area contributed by atoms with Crippen molar-refractivity contribution in [3.8, 4) is 0 Å². The monoisotopic (exact) mass is 234 g/mol. The molecule has 2 rings (SSSR count). The van der Waals surface area contributed by atoms with Crippen LogP contribution in [-0.2, 0) is 0 Å². The molecule has 0 aliphatic carbocycles. The Bertz CT molecular complexity index is 530. The molecule has 0 aliphatic heterocycles. The van der Waals surface area contributed by atoms with Gasteiger partial charge in [0, 0.05) is 18.8 Å². The van der Waals surface area contributed by atoms with Crippen LogP contribution in [0.15, 0.2) is 12.3 Å². The lowest BCUT2D eigenvalue weighted by molar-refractivity contribution is 0.618. The van der Waals surface area contributed by atoms with Crippen molar-refractivity contribution in [1.29, 1.82) is 0 Å². The van der Waals surface area contributed by atoms with Gasteiger partial charge in [0.1, 0.15) is 5.65 Å². The highest BCUT2D eigenvalue weighted by molar-refractivity contribution is 5.88. The minimum absolute atomic E-state index is 0.247. The van der Waals surface area contributed by atoms with E-state index in [1.807, 2.05) is 19.2 Å². The minimum atomic E-state index is 0.247. The van der Waals surface area contributed by atoms with Crippen LogP contribution in [0.1, 0.15) is 26.8 Å². The van der Waals surface area contributed by atoms with Crippen molar-refractivity contribution in [2.24, 2.45) is 5.84 Å². The van der Waals surface area contributed by atoms with Gasteiger partial charge in [-0.05, 0) is 26.8 Å². The van der Waals surface area contributed by atoms with Crippen molar-refractivity contribution >= 4 is 22.8 Å². The molecular weight excluding hydrogens is 216 g/mol. The van der Waals surface area contributed by atoms with E-state index >= 15 is 0 Å². The van der Waals surface area contributed by atoms with E-state index in [9.17, 15) is 0 Å². The summed E-state index contributed by atoms with van der Waals surface area (Å²) in [7, 11) is 0. The standard InChI is InChI=1S/C11H18N6/c1-4-17(13)10-8-5-6-16(7(2)3)9(8)14-11(12)15-10/h5-7H,4,13H2,1-3H3,(H2,12,14,15). The lowest BCUT2D eigenvalue weighted by atomic mass is 10.3. The van der Waals surface area contributed by atoms with Gasteiger partial charge in [0.25, 0.3) is 0 Å². The zero-order chi connectivity index (χ0) is 12.6. The van der Waals surface area contributed by atoms with Gasteiger partial charge < -0.3 is 10.3 Å². The van der Waals surface area contributed by atoms with Crippen molar-refractivity contribution in [1.82, 2.24) is 14.5 Å². The number of hydrazine groups is 1. The molecule has 0 saturated carbocycles. The molecule has 6 nitrogen and oxygen atoms in total. The van der Waals surface area contributed by atoms with E-state index in [1.165, 1.54) is 0 Å². The molecule has 6 heteroatoms. The lowest BCUT2D eigenvalue weighted by Gasteiger charge is -2.16. The third-order valence-electron chi connectivity index (χ3n) is 2.74. The van der Waals surface area contributed by atoms with Gasteiger partial charge in [0.2, 0.25) is 5.95 Å². The van der Waals surface area contributed by atoms with Gasteiger partial charge in [-0.3, -0.25) is 5.01 Å². The van der Waals surface area contributed by atoms with Crippen LogP contribution in [0.3, 0.4) is 0 Å². The Morgan fingerprint density at radius 3 is 2.71 bits per heavy atom. The first-order valence-electron chi connectivity index (χ1n) is 5.70. The summed E-state index contributed by atoms with van der Waals surface area (Å²) in [6.07, 6.45) is 1.98. The average Bonchev–Trinajstić information content (AvgIpc) is 2.70. The predicted octanol–water partition coefficient (Wildman–Crippen LogP) is 1.29. The zero-order valence-electron chi connectivity index (χ0n) is 10.4. The molecule has 0 fully saturated rings. The number of anilines is 2. The number of hydrogen-bond acceptors (Lipinski definition) is 5. The summed E-state index contributed by atoms with van der Waals surface area (Å²) in [5, 5.41) is 2.50. The van der Waals surface area contributed by atoms with Gasteiger partial charge in [-0.1, -0.05) is 0 Å². The molecule has 92 valence electrons. The van der Waals surface area contributed by atoms with E-state index in [2.05, 4.69) is 28.4 Å². The van der Waals surface area contributed by atoms with E-state index < -0.39 is 0 Å². The normalized spacial score (nSPS) is 11.4. The maximum absolute atomic E-state index is 5.89. The fraction of sp³-hybridized carbons (Fsp3) is 0.455. The van der Waals surface area contributed by atoms with Gasteiger partial charge >= 0.3 is 0 Å². The molecule has 0 amide bonds. The third kappa shape index (κ3) is 1.91. The van der Waals surface area contributed by atoms with Crippen LogP contribution < -0.4 is 16.6 Å². The fourth-order valence-electron chi connectivity index (χ4n) is 1.82. The van der Waals surface area contributed by atoms with Gasteiger partial charge in [0.15, 0.2) is 5.82 Å². The van der Waals surface area contributed by atoms with Gasteiger partial charge in [-0.2, -0.15) is 9.97 Å². The molecular formula is C11H18N6. The topological polar surface area (TPSA) is 86.0 Å². The Hall–Kier alpha value is -1.82. The maximum atomic E-state index is 5.89. The number of rotatable bonds is 3. The first-order chi connectivity index (χ1) is 8.04. The molecule has 0 radical (unpaired) electrons. The molecule has 17 heavy (non-hydrogen) atoms. The summed E-state index contributed by atoms with van der Waals surface area (Å²) < 4.78 is 2.06. The molecule has 0 bridgehead atoms. The first kappa shape index (κ1) is 11.7. The van der Waals surface area contributed by atoms with Crippen LogP contribution >= 0.6 is 0 Å². The number of nitrogens with two attached hydrogens (primary N) is 2. The quantitative estimate of drug-likeness (QED) is 0.617. The van der Waals surface area contributed by atoms with Crippen LogP contribution in [0.5, 0.6) is 0 Å². The van der Waals surface area contributed by atoms with Crippen molar-refractivity contribution in [2.45, 2.75) is 26.8 Å². The van der Waals surface area contributed by atoms with E-state index in [1.54, 1.807) is 5.01 Å². The third-order valence-corrected chi connectivity index (χ3v) is 2.74. The largest absolute Gasteiger partial charge is 0.368 e. The predicted molar refractivity (Wildman–Crippen MR) is 69.5 cm³/mol. The van der Waals surface area contributed by atoms with Gasteiger partial charge in [-0.15, -0.1) is 0 Å². The molecule has 0 spiro atoms. The molecule has 0 unspecified atom stereocenters. The number of nitrogens with zero attached hydrogens (tertiary/aromatic N) is 4. The molecule has 0 atom stereocenters. The van der Waals surface area contributed by atoms with Crippen molar-refractivity contribution in [3.63, 3.8) is 0 Å². The van der Waals surface area contributed by atoms with Gasteiger partial charge in [-0.25, -0.2) is 5.84 Å². The Morgan fingerprint density at radius 1 is 1.41 bits per heavy atom. The number of aromatic nitrogens is 3. The number of nitrogen functional groups attached to an aromatic ring is 1. The Kier molecular flexibility index (Phi) is 2.89. The van der Waals surface area contributed by atoms with Crippen molar-refractivity contribution in [2.75, 3.05) is 17.3 Å². The summed E-state index contributed by atoms with van der Waals surface area (Å²) in [6.45, 7) is 6.82. The van der Waals surface area contributed by atoms with E-state index in [-0.39, 0.29) is 5.95 Å². The summed E-state index contributed by atoms with van der Waals surface area (Å²) in [5.41, 5.74) is 6.55. The highest BCUT2D eigenvalue weighted by atomic mass is 15.4. The SMILES string of the molecule is CCN(N)c1nc(N)nc2c1ccn2C(C)C. The molecule has 2 aromatic heterocycles. The Labute approximate surface area is 100 Å². The van der Waals surface area contributed by atoms with Gasteiger partial charge in [0.05, 0.1) is 5.39 Å². The van der Waals surface area contributed by atoms with Crippen LogP contribution in [0.4, 0.5) is 11.8 Å². The summed E-state index contributed by atoms with van der Waals surface area (Å²) in [5.74, 6) is 6.82. The van der Waals surface area contributed by atoms with E-state index in [0.29, 0.717) is 18.4 Å². The smallest absolute Gasteiger partial charge is 0.224 e. The van der Waals surface area contributed by atoms with E-state index in [0.717, 1.165) is 11.0 Å².